The predicted molar refractivity (Wildman–Crippen MR) is 51.6 cm³/mol. The number of hydrogen-bond donors (Lipinski definition) is 2. The molecule has 0 radical (unpaired) electrons. The molecule has 0 aromatic heterocycles. The van der Waals surface area contributed by atoms with Crippen molar-refractivity contribution in [2.75, 3.05) is 13.2 Å². The third kappa shape index (κ3) is 2.16. The Morgan fingerprint density at radius 2 is 2.00 bits per heavy atom. The molecule has 14 heavy (non-hydrogen) atoms. The summed E-state index contributed by atoms with van der Waals surface area (Å²) in [5.41, 5.74) is 10.2. The second-order valence-electron chi connectivity index (χ2n) is 4.91. The second-order valence-corrected chi connectivity index (χ2v) is 4.91. The summed E-state index contributed by atoms with van der Waals surface area (Å²) in [4.78, 5) is 10.7. The van der Waals surface area contributed by atoms with E-state index < -0.39 is 17.7 Å². The van der Waals surface area contributed by atoms with Gasteiger partial charge in [0.25, 0.3) is 0 Å². The Labute approximate surface area is 83.7 Å². The van der Waals surface area contributed by atoms with Crippen molar-refractivity contribution in [1.29, 1.82) is 0 Å². The van der Waals surface area contributed by atoms with Crippen LogP contribution >= 0.6 is 0 Å². The molecular formula is C9H18N2O3. The zero-order valence-corrected chi connectivity index (χ0v) is 8.87. The maximum Gasteiger partial charge on any atom is 0.404 e. The molecule has 0 aromatic carbocycles. The maximum atomic E-state index is 10.7. The SMILES string of the molecule is CC(C)(C)C(OC(N)=O)C1(N)COC1. The van der Waals surface area contributed by atoms with Crippen LogP contribution in [0.5, 0.6) is 0 Å². The summed E-state index contributed by atoms with van der Waals surface area (Å²) in [5.74, 6) is 0. The number of ether oxygens (including phenoxy) is 2. The Bertz CT molecular complexity index is 231. The van der Waals surface area contributed by atoms with E-state index in [1.165, 1.54) is 0 Å². The van der Waals surface area contributed by atoms with Crippen LogP contribution in [0, 0.1) is 5.41 Å². The van der Waals surface area contributed by atoms with Crippen molar-refractivity contribution < 1.29 is 14.3 Å². The van der Waals surface area contributed by atoms with E-state index in [1.807, 2.05) is 20.8 Å². The number of nitrogens with two attached hydrogens (primary N) is 2. The molecule has 0 saturated carbocycles. The lowest BCUT2D eigenvalue weighted by molar-refractivity contribution is -0.141. The molecule has 1 aliphatic heterocycles. The number of primary amides is 1. The fourth-order valence-electron chi connectivity index (χ4n) is 1.76. The summed E-state index contributed by atoms with van der Waals surface area (Å²) in [6, 6.07) is 0. The first-order valence-electron chi connectivity index (χ1n) is 4.58. The highest BCUT2D eigenvalue weighted by atomic mass is 16.6. The van der Waals surface area contributed by atoms with Gasteiger partial charge in [-0.3, -0.25) is 0 Å². The molecular weight excluding hydrogens is 184 g/mol. The highest BCUT2D eigenvalue weighted by Crippen LogP contribution is 2.33. The molecule has 5 nitrogen and oxygen atoms in total. The summed E-state index contributed by atoms with van der Waals surface area (Å²) in [6.07, 6.45) is -1.21. The second kappa shape index (κ2) is 3.40. The van der Waals surface area contributed by atoms with Gasteiger partial charge in [0.2, 0.25) is 0 Å². The normalized spacial score (nSPS) is 22.3. The van der Waals surface area contributed by atoms with Crippen molar-refractivity contribution in [2.24, 2.45) is 16.9 Å². The Kier molecular flexibility index (Phi) is 2.74. The van der Waals surface area contributed by atoms with Crippen molar-refractivity contribution in [3.8, 4) is 0 Å². The van der Waals surface area contributed by atoms with E-state index in [-0.39, 0.29) is 5.41 Å². The van der Waals surface area contributed by atoms with Gasteiger partial charge in [0.05, 0.1) is 13.2 Å². The molecule has 1 heterocycles. The third-order valence-electron chi connectivity index (χ3n) is 2.28. The van der Waals surface area contributed by atoms with Crippen LogP contribution in [0.25, 0.3) is 0 Å². The number of amides is 1. The molecule has 1 aliphatic rings. The highest BCUT2D eigenvalue weighted by molar-refractivity contribution is 5.65. The van der Waals surface area contributed by atoms with E-state index in [0.29, 0.717) is 13.2 Å². The molecule has 4 N–H and O–H groups in total. The molecule has 0 spiro atoms. The van der Waals surface area contributed by atoms with Crippen LogP contribution in [0.4, 0.5) is 4.79 Å². The largest absolute Gasteiger partial charge is 0.444 e. The van der Waals surface area contributed by atoms with Crippen LogP contribution in [0.3, 0.4) is 0 Å². The molecule has 0 aliphatic carbocycles. The van der Waals surface area contributed by atoms with Crippen LogP contribution in [0.15, 0.2) is 0 Å². The molecule has 1 atom stereocenters. The maximum absolute atomic E-state index is 10.7. The topological polar surface area (TPSA) is 87.6 Å². The van der Waals surface area contributed by atoms with Gasteiger partial charge in [-0.15, -0.1) is 0 Å². The number of hydrogen-bond acceptors (Lipinski definition) is 4. The zero-order chi connectivity index (χ0) is 11.0. The summed E-state index contributed by atoms with van der Waals surface area (Å²) in [5, 5.41) is 0. The Balaban J connectivity index is 2.76. The summed E-state index contributed by atoms with van der Waals surface area (Å²) >= 11 is 0. The predicted octanol–water partition coefficient (Wildman–Crippen LogP) is 0.224. The van der Waals surface area contributed by atoms with Crippen molar-refractivity contribution in [1.82, 2.24) is 0 Å². The number of carbonyl (C=O) groups excluding carboxylic acids is 1. The van der Waals surface area contributed by atoms with E-state index in [4.69, 9.17) is 20.9 Å². The Hall–Kier alpha value is -0.810. The quantitative estimate of drug-likeness (QED) is 0.670. The first kappa shape index (κ1) is 11.3. The minimum Gasteiger partial charge on any atom is -0.444 e. The van der Waals surface area contributed by atoms with E-state index in [1.54, 1.807) is 0 Å². The average molecular weight is 202 g/mol. The monoisotopic (exact) mass is 202 g/mol. The summed E-state index contributed by atoms with van der Waals surface area (Å²) in [6.45, 7) is 6.67. The van der Waals surface area contributed by atoms with Crippen molar-refractivity contribution in [3.05, 3.63) is 0 Å². The van der Waals surface area contributed by atoms with Gasteiger partial charge in [-0.2, -0.15) is 0 Å². The zero-order valence-electron chi connectivity index (χ0n) is 8.87. The number of rotatable bonds is 2. The first-order chi connectivity index (χ1) is 6.26. The van der Waals surface area contributed by atoms with Gasteiger partial charge >= 0.3 is 6.09 Å². The lowest BCUT2D eigenvalue weighted by Crippen LogP contribution is -2.69. The molecule has 0 aromatic rings. The van der Waals surface area contributed by atoms with Crippen molar-refractivity contribution >= 4 is 6.09 Å². The van der Waals surface area contributed by atoms with Gasteiger partial charge in [0.15, 0.2) is 0 Å². The highest BCUT2D eigenvalue weighted by Gasteiger charge is 2.49. The fourth-order valence-corrected chi connectivity index (χ4v) is 1.76. The lowest BCUT2D eigenvalue weighted by atomic mass is 9.75. The van der Waals surface area contributed by atoms with E-state index in [0.717, 1.165) is 0 Å². The third-order valence-corrected chi connectivity index (χ3v) is 2.28. The smallest absolute Gasteiger partial charge is 0.404 e. The van der Waals surface area contributed by atoms with Crippen LogP contribution in [0.1, 0.15) is 20.8 Å². The van der Waals surface area contributed by atoms with Crippen LogP contribution < -0.4 is 11.5 Å². The first-order valence-corrected chi connectivity index (χ1v) is 4.58. The minimum atomic E-state index is -0.790. The van der Waals surface area contributed by atoms with Gasteiger partial charge < -0.3 is 20.9 Å². The molecule has 1 unspecified atom stereocenters. The molecule has 1 saturated heterocycles. The van der Waals surface area contributed by atoms with Crippen LogP contribution in [-0.2, 0) is 9.47 Å². The lowest BCUT2D eigenvalue weighted by Gasteiger charge is -2.47. The fraction of sp³-hybridized carbons (Fsp3) is 0.889. The standard InChI is InChI=1S/C9H18N2O3/c1-8(2,3)6(14-7(10)12)9(11)4-13-5-9/h6H,4-5,11H2,1-3H3,(H2,10,12). The van der Waals surface area contributed by atoms with E-state index >= 15 is 0 Å². The summed E-state index contributed by atoms with van der Waals surface area (Å²) in [7, 11) is 0. The molecule has 0 bridgehead atoms. The molecule has 5 heteroatoms. The Morgan fingerprint density at radius 1 is 1.50 bits per heavy atom. The Morgan fingerprint density at radius 3 is 2.21 bits per heavy atom. The van der Waals surface area contributed by atoms with Gasteiger partial charge in [-0.05, 0) is 0 Å². The average Bonchev–Trinajstić information content (AvgIpc) is 1.93. The number of carbonyl (C=O) groups is 1. The minimum absolute atomic E-state index is 0.242. The van der Waals surface area contributed by atoms with Crippen LogP contribution in [-0.4, -0.2) is 30.9 Å². The van der Waals surface area contributed by atoms with Crippen LogP contribution in [0.2, 0.25) is 0 Å². The van der Waals surface area contributed by atoms with Gasteiger partial charge in [-0.1, -0.05) is 20.8 Å². The van der Waals surface area contributed by atoms with Crippen molar-refractivity contribution in [3.63, 3.8) is 0 Å². The van der Waals surface area contributed by atoms with E-state index in [9.17, 15) is 4.79 Å². The molecule has 1 amide bonds. The van der Waals surface area contributed by atoms with Crippen molar-refractivity contribution in [2.45, 2.75) is 32.4 Å². The van der Waals surface area contributed by atoms with Gasteiger partial charge in [0, 0.05) is 5.41 Å². The van der Waals surface area contributed by atoms with E-state index in [2.05, 4.69) is 0 Å². The molecule has 1 fully saturated rings. The summed E-state index contributed by atoms with van der Waals surface area (Å²) < 4.78 is 10.1. The van der Waals surface area contributed by atoms with Gasteiger partial charge in [0.1, 0.15) is 11.6 Å². The molecule has 82 valence electrons. The molecule has 1 rings (SSSR count). The van der Waals surface area contributed by atoms with Gasteiger partial charge in [-0.25, -0.2) is 4.79 Å².